The van der Waals surface area contributed by atoms with Crippen LogP contribution in [0.1, 0.15) is 35.3 Å². The van der Waals surface area contributed by atoms with E-state index in [9.17, 15) is 23.4 Å². The first-order chi connectivity index (χ1) is 18.9. The lowest BCUT2D eigenvalue weighted by Crippen LogP contribution is -2.51. The molecule has 0 aliphatic heterocycles. The molecule has 0 bridgehead atoms. The fourth-order valence-electron chi connectivity index (χ4n) is 4.55. The third-order valence-corrected chi connectivity index (χ3v) is 9.18. The van der Waals surface area contributed by atoms with Gasteiger partial charge in [0.2, 0.25) is 10.0 Å². The van der Waals surface area contributed by atoms with Crippen LogP contribution in [0.4, 0.5) is 5.13 Å². The second kappa shape index (κ2) is 12.3. The number of amides is 1. The number of sulfonamides is 1. The van der Waals surface area contributed by atoms with Crippen molar-refractivity contribution in [1.82, 2.24) is 14.6 Å². The Labute approximate surface area is 238 Å². The first kappa shape index (κ1) is 29.5. The lowest BCUT2D eigenvalue weighted by molar-refractivity contribution is 0.0775. The van der Waals surface area contributed by atoms with E-state index in [0.717, 1.165) is 5.56 Å². The molecule has 1 heterocycles. The number of aromatic nitrogens is 1. The third kappa shape index (κ3) is 6.97. The molecule has 9 nitrogen and oxygen atoms in total. The molecule has 5 N–H and O–H groups in total. The number of hydrogen-bond acceptors (Lipinski definition) is 8. The zero-order valence-corrected chi connectivity index (χ0v) is 24.2. The van der Waals surface area contributed by atoms with Crippen LogP contribution in [-0.2, 0) is 16.4 Å². The van der Waals surface area contributed by atoms with Crippen LogP contribution in [0.15, 0.2) is 71.6 Å². The smallest absolute Gasteiger partial charge is 0.251 e. The van der Waals surface area contributed by atoms with Crippen molar-refractivity contribution >= 4 is 42.6 Å². The highest BCUT2D eigenvalue weighted by molar-refractivity contribution is 7.89. The van der Waals surface area contributed by atoms with E-state index in [1.807, 2.05) is 44.2 Å². The van der Waals surface area contributed by atoms with Gasteiger partial charge in [0.05, 0.1) is 27.3 Å². The number of phenols is 1. The van der Waals surface area contributed by atoms with Crippen LogP contribution >= 0.6 is 11.3 Å². The molecule has 0 unspecified atom stereocenters. The predicted molar refractivity (Wildman–Crippen MR) is 158 cm³/mol. The number of carbonyl (C=O) groups excluding carboxylic acids is 1. The second-order valence-corrected chi connectivity index (χ2v) is 13.2. The van der Waals surface area contributed by atoms with Crippen LogP contribution in [0.3, 0.4) is 0 Å². The lowest BCUT2D eigenvalue weighted by atomic mass is 9.99. The highest BCUT2D eigenvalue weighted by atomic mass is 32.2. The molecule has 11 heteroatoms. The maximum absolute atomic E-state index is 13.8. The van der Waals surface area contributed by atoms with Crippen LogP contribution in [0.25, 0.3) is 10.2 Å². The number of aliphatic hydroxyl groups is 1. The molecule has 1 aromatic heterocycles. The fourth-order valence-corrected chi connectivity index (χ4v) is 7.04. The van der Waals surface area contributed by atoms with Crippen molar-refractivity contribution in [2.24, 2.45) is 5.92 Å². The van der Waals surface area contributed by atoms with Crippen LogP contribution in [0.5, 0.6) is 5.75 Å². The number of nitrogens with two attached hydrogens (primary N) is 1. The number of nitrogens with zero attached hydrogens (tertiary/aromatic N) is 2. The first-order valence-corrected chi connectivity index (χ1v) is 15.2. The summed E-state index contributed by atoms with van der Waals surface area (Å²) < 4.78 is 29.5. The van der Waals surface area contributed by atoms with Crippen LogP contribution in [0.2, 0.25) is 0 Å². The van der Waals surface area contributed by atoms with E-state index in [1.54, 1.807) is 19.1 Å². The number of benzene rings is 3. The third-order valence-electron chi connectivity index (χ3n) is 6.51. The number of rotatable bonds is 11. The maximum Gasteiger partial charge on any atom is 0.251 e. The van der Waals surface area contributed by atoms with Gasteiger partial charge < -0.3 is 21.3 Å². The Kier molecular flexibility index (Phi) is 9.09. The number of phenolic OH excluding ortho intramolecular Hbond substituents is 1. The van der Waals surface area contributed by atoms with Crippen molar-refractivity contribution in [3.63, 3.8) is 0 Å². The summed E-state index contributed by atoms with van der Waals surface area (Å²) in [7, 11) is -4.00. The van der Waals surface area contributed by atoms with Gasteiger partial charge in [-0.25, -0.2) is 13.4 Å². The Hall–Kier alpha value is -3.51. The summed E-state index contributed by atoms with van der Waals surface area (Å²) in [5.74, 6) is -0.404. The molecule has 212 valence electrons. The summed E-state index contributed by atoms with van der Waals surface area (Å²) in [5.41, 5.74) is 8.23. The number of aliphatic hydroxyl groups excluding tert-OH is 1. The molecule has 0 fully saturated rings. The van der Waals surface area contributed by atoms with Crippen molar-refractivity contribution in [2.75, 3.05) is 18.8 Å². The van der Waals surface area contributed by atoms with Gasteiger partial charge in [0.15, 0.2) is 5.13 Å². The monoisotopic (exact) mass is 582 g/mol. The molecule has 0 saturated carbocycles. The molecule has 0 spiro atoms. The molecule has 40 heavy (non-hydrogen) atoms. The maximum atomic E-state index is 13.8. The van der Waals surface area contributed by atoms with Crippen LogP contribution < -0.4 is 11.1 Å². The number of nitrogen functional groups attached to an aromatic ring is 1. The van der Waals surface area contributed by atoms with Crippen molar-refractivity contribution in [1.29, 1.82) is 0 Å². The predicted octanol–water partition coefficient (Wildman–Crippen LogP) is 3.94. The second-order valence-electron chi connectivity index (χ2n) is 10.2. The fraction of sp³-hybridized carbons (Fsp3) is 0.310. The minimum atomic E-state index is -4.00. The minimum Gasteiger partial charge on any atom is -0.508 e. The number of fused-ring (bicyclic) bond motifs is 1. The van der Waals surface area contributed by atoms with E-state index in [4.69, 9.17) is 5.73 Å². The Morgan fingerprint density at radius 3 is 2.48 bits per heavy atom. The van der Waals surface area contributed by atoms with Crippen LogP contribution in [0, 0.1) is 12.8 Å². The summed E-state index contributed by atoms with van der Waals surface area (Å²) in [6.45, 7) is 5.46. The normalized spacial score (nSPS) is 13.6. The largest absolute Gasteiger partial charge is 0.508 e. The van der Waals surface area contributed by atoms with E-state index >= 15 is 0 Å². The highest BCUT2D eigenvalue weighted by Gasteiger charge is 2.32. The van der Waals surface area contributed by atoms with Crippen molar-refractivity contribution in [2.45, 2.75) is 44.2 Å². The lowest BCUT2D eigenvalue weighted by Gasteiger charge is -2.31. The number of anilines is 1. The van der Waals surface area contributed by atoms with Gasteiger partial charge in [-0.2, -0.15) is 4.31 Å². The molecule has 0 aliphatic rings. The molecular formula is C29H34N4O5S2. The molecule has 4 aromatic rings. The standard InChI is InChI=1S/C29H34N4O5S2/c1-18(2)16-33(40(37,38)22-10-12-24-27(15-22)39-29(30)32-24)17-26(35)25(14-20-7-5-4-6-8-20)31-28(36)23-11-9-21(34)13-19(23)3/h4-13,15,18,25-26,34-35H,14,16-17H2,1-3H3,(H2,30,32)(H,31,36)/t25-,26-/m0/s1. The van der Waals surface area contributed by atoms with Crippen molar-refractivity contribution < 1.29 is 23.4 Å². The Balaban J connectivity index is 1.63. The quantitative estimate of drug-likeness (QED) is 0.210. The Morgan fingerprint density at radius 2 is 1.80 bits per heavy atom. The summed E-state index contributed by atoms with van der Waals surface area (Å²) >= 11 is 1.21. The summed E-state index contributed by atoms with van der Waals surface area (Å²) in [5, 5.41) is 24.5. The zero-order valence-electron chi connectivity index (χ0n) is 22.6. The average Bonchev–Trinajstić information content (AvgIpc) is 3.27. The SMILES string of the molecule is Cc1cc(O)ccc1C(=O)N[C@@H](Cc1ccccc1)[C@@H](O)CN(CC(C)C)S(=O)(=O)c1ccc2nc(N)sc2c1. The molecule has 1 amide bonds. The number of hydrogen-bond donors (Lipinski definition) is 4. The van der Waals surface area contributed by atoms with E-state index in [2.05, 4.69) is 10.3 Å². The number of thiazole rings is 1. The van der Waals surface area contributed by atoms with Gasteiger partial charge in [0.1, 0.15) is 5.75 Å². The first-order valence-electron chi connectivity index (χ1n) is 12.9. The number of nitrogens with one attached hydrogen (secondary N) is 1. The number of aromatic hydroxyl groups is 1. The molecule has 2 atom stereocenters. The molecular weight excluding hydrogens is 548 g/mol. The molecule has 0 saturated heterocycles. The average molecular weight is 583 g/mol. The van der Waals surface area contributed by atoms with E-state index in [1.165, 1.54) is 39.9 Å². The summed E-state index contributed by atoms with van der Waals surface area (Å²) in [6.07, 6.45) is -0.940. The zero-order chi connectivity index (χ0) is 29.0. The van der Waals surface area contributed by atoms with Gasteiger partial charge in [-0.3, -0.25) is 4.79 Å². The molecule has 3 aromatic carbocycles. The van der Waals surface area contributed by atoms with E-state index < -0.39 is 28.1 Å². The van der Waals surface area contributed by atoms with Gasteiger partial charge in [-0.1, -0.05) is 55.5 Å². The highest BCUT2D eigenvalue weighted by Crippen LogP contribution is 2.28. The Morgan fingerprint density at radius 1 is 1.07 bits per heavy atom. The van der Waals surface area contributed by atoms with E-state index in [-0.39, 0.29) is 36.1 Å². The van der Waals surface area contributed by atoms with Crippen molar-refractivity contribution in [3.05, 3.63) is 83.4 Å². The summed E-state index contributed by atoms with van der Waals surface area (Å²) in [6, 6.07) is 17.7. The van der Waals surface area contributed by atoms with Crippen molar-refractivity contribution in [3.8, 4) is 5.75 Å². The molecule has 0 aliphatic carbocycles. The topological polar surface area (TPSA) is 146 Å². The van der Waals surface area contributed by atoms with Gasteiger partial charge in [-0.05, 0) is 66.8 Å². The van der Waals surface area contributed by atoms with Gasteiger partial charge in [0, 0.05) is 18.7 Å². The summed E-state index contributed by atoms with van der Waals surface area (Å²) in [4.78, 5) is 17.5. The number of aryl methyl sites for hydroxylation is 1. The van der Waals surface area contributed by atoms with Crippen LogP contribution in [-0.4, -0.2) is 59.1 Å². The van der Waals surface area contributed by atoms with Gasteiger partial charge in [-0.15, -0.1) is 0 Å². The van der Waals surface area contributed by atoms with Gasteiger partial charge >= 0.3 is 0 Å². The van der Waals surface area contributed by atoms with E-state index in [0.29, 0.717) is 26.5 Å². The molecule has 4 rings (SSSR count). The van der Waals surface area contributed by atoms with Gasteiger partial charge in [0.25, 0.3) is 5.91 Å². The number of carbonyl (C=O) groups is 1. The minimum absolute atomic E-state index is 0.0217. The Bertz CT molecular complexity index is 1590. The molecule has 0 radical (unpaired) electrons.